The molecule has 26 heavy (non-hydrogen) atoms. The third-order valence-electron chi connectivity index (χ3n) is 4.54. The van der Waals surface area contributed by atoms with Gasteiger partial charge in [0.05, 0.1) is 0 Å². The van der Waals surface area contributed by atoms with E-state index in [9.17, 15) is 4.79 Å². The van der Waals surface area contributed by atoms with Gasteiger partial charge in [-0.3, -0.25) is 9.89 Å². The maximum absolute atomic E-state index is 12.5. The van der Waals surface area contributed by atoms with Crippen molar-refractivity contribution in [2.24, 2.45) is 0 Å². The predicted molar refractivity (Wildman–Crippen MR) is 100 cm³/mol. The molecule has 3 heterocycles. The molecule has 0 radical (unpaired) electrons. The van der Waals surface area contributed by atoms with Gasteiger partial charge in [0.25, 0.3) is 5.91 Å². The van der Waals surface area contributed by atoms with Gasteiger partial charge in [-0.15, -0.1) is 0 Å². The molecule has 1 fully saturated rings. The van der Waals surface area contributed by atoms with Crippen molar-refractivity contribution in [1.82, 2.24) is 20.2 Å². The van der Waals surface area contributed by atoms with Crippen LogP contribution >= 0.6 is 0 Å². The van der Waals surface area contributed by atoms with Crippen LogP contribution in [0.1, 0.15) is 29.6 Å². The number of amides is 1. The van der Waals surface area contributed by atoms with Crippen LogP contribution in [0.15, 0.2) is 48.9 Å². The van der Waals surface area contributed by atoms with E-state index in [1.54, 1.807) is 18.3 Å². The van der Waals surface area contributed by atoms with Crippen LogP contribution < -0.4 is 10.2 Å². The molecule has 1 aliphatic heterocycles. The Balaban J connectivity index is 1.46. The van der Waals surface area contributed by atoms with Crippen LogP contribution in [0.3, 0.4) is 0 Å². The summed E-state index contributed by atoms with van der Waals surface area (Å²) in [6, 6.07) is 11.1. The quantitative estimate of drug-likeness (QED) is 0.756. The second-order valence-corrected chi connectivity index (χ2v) is 6.31. The Morgan fingerprint density at radius 1 is 1.04 bits per heavy atom. The number of hydrogen-bond acceptors (Lipinski definition) is 5. The number of aromatic amines is 1. The van der Waals surface area contributed by atoms with E-state index in [4.69, 9.17) is 0 Å². The number of hydrogen-bond donors (Lipinski definition) is 2. The summed E-state index contributed by atoms with van der Waals surface area (Å²) in [6.07, 6.45) is 6.90. The Labute approximate surface area is 151 Å². The molecule has 0 aliphatic carbocycles. The van der Waals surface area contributed by atoms with Crippen LogP contribution in [0.5, 0.6) is 0 Å². The van der Waals surface area contributed by atoms with Crippen LogP contribution in [0, 0.1) is 0 Å². The second-order valence-electron chi connectivity index (χ2n) is 6.31. The van der Waals surface area contributed by atoms with Gasteiger partial charge in [-0.2, -0.15) is 5.10 Å². The number of rotatable bonds is 4. The lowest BCUT2D eigenvalue weighted by Gasteiger charge is -2.28. The number of H-pyrrole nitrogens is 1. The number of piperidine rings is 1. The van der Waals surface area contributed by atoms with Crippen LogP contribution in [0.2, 0.25) is 0 Å². The number of pyridine rings is 1. The Bertz CT molecular complexity index is 869. The van der Waals surface area contributed by atoms with Gasteiger partial charge in [0.1, 0.15) is 12.1 Å². The summed E-state index contributed by atoms with van der Waals surface area (Å²) in [5, 5.41) is 9.51. The fourth-order valence-corrected chi connectivity index (χ4v) is 3.15. The highest BCUT2D eigenvalue weighted by Gasteiger charge is 2.13. The van der Waals surface area contributed by atoms with Crippen LogP contribution in [0.25, 0.3) is 11.4 Å². The topological polar surface area (TPSA) is 86.8 Å². The van der Waals surface area contributed by atoms with Crippen LogP contribution in [0.4, 0.5) is 11.5 Å². The van der Waals surface area contributed by atoms with E-state index in [-0.39, 0.29) is 5.91 Å². The van der Waals surface area contributed by atoms with E-state index < -0.39 is 0 Å². The highest BCUT2D eigenvalue weighted by atomic mass is 16.1. The molecule has 1 saturated heterocycles. The average Bonchev–Trinajstić information content (AvgIpc) is 3.24. The van der Waals surface area contributed by atoms with Crippen molar-refractivity contribution >= 4 is 17.4 Å². The Morgan fingerprint density at radius 3 is 2.58 bits per heavy atom. The molecule has 1 aliphatic rings. The lowest BCUT2D eigenvalue weighted by Crippen LogP contribution is -2.29. The number of nitrogens with one attached hydrogen (secondary N) is 2. The van der Waals surface area contributed by atoms with E-state index in [1.165, 1.54) is 25.6 Å². The first-order valence-electron chi connectivity index (χ1n) is 8.78. The maximum atomic E-state index is 12.5. The standard InChI is InChI=1S/C19H20N6O/c26-19(15-6-4-14(5-7-15)18-21-13-22-24-18)23-17-12-16(8-9-20-17)25-10-2-1-3-11-25/h4-9,12-13H,1-3,10-11H2,(H,20,23,26)(H,21,22,24). The molecule has 4 rings (SSSR count). The van der Waals surface area contributed by atoms with Crippen molar-refractivity contribution in [3.05, 3.63) is 54.5 Å². The Morgan fingerprint density at radius 2 is 1.85 bits per heavy atom. The summed E-state index contributed by atoms with van der Waals surface area (Å²) in [5.41, 5.74) is 2.55. The van der Waals surface area contributed by atoms with E-state index in [0.717, 1.165) is 24.3 Å². The normalized spacial score (nSPS) is 14.2. The second kappa shape index (κ2) is 7.35. The molecule has 0 unspecified atom stereocenters. The van der Waals surface area contributed by atoms with Gasteiger partial charge in [0.2, 0.25) is 0 Å². The van der Waals surface area contributed by atoms with Crippen molar-refractivity contribution in [3.8, 4) is 11.4 Å². The van der Waals surface area contributed by atoms with Gasteiger partial charge < -0.3 is 10.2 Å². The Kier molecular flexibility index (Phi) is 4.59. The van der Waals surface area contributed by atoms with Crippen LogP contribution in [-0.4, -0.2) is 39.2 Å². The SMILES string of the molecule is O=C(Nc1cc(N2CCCCC2)ccn1)c1ccc(-c2ncn[nH]2)cc1. The molecule has 7 heteroatoms. The average molecular weight is 348 g/mol. The summed E-state index contributed by atoms with van der Waals surface area (Å²) >= 11 is 0. The Hall–Kier alpha value is -3.22. The molecular weight excluding hydrogens is 328 g/mol. The largest absolute Gasteiger partial charge is 0.371 e. The fourth-order valence-electron chi connectivity index (χ4n) is 3.15. The van der Waals surface area contributed by atoms with Crippen molar-refractivity contribution in [1.29, 1.82) is 0 Å². The zero-order valence-corrected chi connectivity index (χ0v) is 14.4. The number of carbonyl (C=O) groups excluding carboxylic acids is 1. The zero-order chi connectivity index (χ0) is 17.8. The van der Waals surface area contributed by atoms with Gasteiger partial charge in [-0.25, -0.2) is 9.97 Å². The van der Waals surface area contributed by atoms with E-state index in [2.05, 4.69) is 30.4 Å². The summed E-state index contributed by atoms with van der Waals surface area (Å²) in [7, 11) is 0. The van der Waals surface area contributed by atoms with Gasteiger partial charge >= 0.3 is 0 Å². The lowest BCUT2D eigenvalue weighted by molar-refractivity contribution is 0.102. The van der Waals surface area contributed by atoms with Crippen LogP contribution in [-0.2, 0) is 0 Å². The van der Waals surface area contributed by atoms with E-state index >= 15 is 0 Å². The van der Waals surface area contributed by atoms with Gasteiger partial charge in [-0.1, -0.05) is 12.1 Å². The molecule has 132 valence electrons. The maximum Gasteiger partial charge on any atom is 0.256 e. The third kappa shape index (κ3) is 3.56. The minimum absolute atomic E-state index is 0.183. The van der Waals surface area contributed by atoms with Crippen molar-refractivity contribution < 1.29 is 4.79 Å². The number of aromatic nitrogens is 4. The summed E-state index contributed by atoms with van der Waals surface area (Å²) in [6.45, 7) is 2.11. The summed E-state index contributed by atoms with van der Waals surface area (Å²) in [5.74, 6) is 1.06. The predicted octanol–water partition coefficient (Wildman–Crippen LogP) is 3.11. The minimum Gasteiger partial charge on any atom is -0.371 e. The first-order valence-corrected chi connectivity index (χ1v) is 8.78. The van der Waals surface area contributed by atoms with Crippen molar-refractivity contribution in [2.75, 3.05) is 23.3 Å². The van der Waals surface area contributed by atoms with E-state index in [0.29, 0.717) is 17.2 Å². The molecule has 7 nitrogen and oxygen atoms in total. The highest BCUT2D eigenvalue weighted by Crippen LogP contribution is 2.22. The van der Waals surface area contributed by atoms with Crippen molar-refractivity contribution in [2.45, 2.75) is 19.3 Å². The first-order chi connectivity index (χ1) is 12.8. The zero-order valence-electron chi connectivity index (χ0n) is 14.4. The van der Waals surface area contributed by atoms with Gasteiger partial charge in [-0.05, 0) is 37.5 Å². The molecule has 0 bridgehead atoms. The molecule has 3 aromatic rings. The molecule has 2 N–H and O–H groups in total. The smallest absolute Gasteiger partial charge is 0.256 e. The molecule has 0 spiro atoms. The number of carbonyl (C=O) groups is 1. The van der Waals surface area contributed by atoms with Crippen molar-refractivity contribution in [3.63, 3.8) is 0 Å². The number of nitrogens with zero attached hydrogens (tertiary/aromatic N) is 4. The molecule has 0 saturated carbocycles. The molecule has 1 amide bonds. The molecular formula is C19H20N6O. The lowest BCUT2D eigenvalue weighted by atomic mass is 10.1. The minimum atomic E-state index is -0.183. The third-order valence-corrected chi connectivity index (χ3v) is 4.54. The fraction of sp³-hybridized carbons (Fsp3) is 0.263. The highest BCUT2D eigenvalue weighted by molar-refractivity contribution is 6.04. The number of anilines is 2. The van der Waals surface area contributed by atoms with Gasteiger partial charge in [0.15, 0.2) is 5.82 Å². The monoisotopic (exact) mass is 348 g/mol. The molecule has 1 aromatic carbocycles. The summed E-state index contributed by atoms with van der Waals surface area (Å²) in [4.78, 5) is 23.2. The molecule has 0 atom stereocenters. The van der Waals surface area contributed by atoms with E-state index in [1.807, 2.05) is 24.3 Å². The summed E-state index contributed by atoms with van der Waals surface area (Å²) < 4.78 is 0. The first kappa shape index (κ1) is 16.3. The number of benzene rings is 1. The van der Waals surface area contributed by atoms with Gasteiger partial charge in [0, 0.05) is 42.2 Å². The molecule has 2 aromatic heterocycles.